The van der Waals surface area contributed by atoms with Crippen LogP contribution in [0.25, 0.3) is 11.3 Å². The second-order valence-electron chi connectivity index (χ2n) is 7.33. The highest BCUT2D eigenvalue weighted by molar-refractivity contribution is 5.67. The lowest BCUT2D eigenvalue weighted by Gasteiger charge is -2.27. The Hall–Kier alpha value is -2.21. The Bertz CT molecular complexity index is 684. The van der Waals surface area contributed by atoms with Crippen molar-refractivity contribution >= 4 is 11.6 Å². The number of pyridine rings is 1. The number of unbranched alkanes of at least 4 members (excludes halogenated alkanes) is 3. The van der Waals surface area contributed by atoms with E-state index >= 15 is 0 Å². The minimum atomic E-state index is 0.396. The van der Waals surface area contributed by atoms with Crippen molar-refractivity contribution in [1.82, 2.24) is 20.3 Å². The van der Waals surface area contributed by atoms with Crippen molar-refractivity contribution < 1.29 is 0 Å². The minimum absolute atomic E-state index is 0.396. The third kappa shape index (κ3) is 5.63. The average Bonchev–Trinajstić information content (AvgIpc) is 2.72. The largest absolute Gasteiger partial charge is 0.363 e. The molecule has 3 rings (SSSR count). The molecule has 1 unspecified atom stereocenters. The number of hydrogen-bond donors (Lipinski definition) is 2. The van der Waals surface area contributed by atoms with Crippen LogP contribution in [0.1, 0.15) is 45.4 Å². The summed E-state index contributed by atoms with van der Waals surface area (Å²) in [5, 5.41) is 7.11. The van der Waals surface area contributed by atoms with Crippen molar-refractivity contribution in [2.45, 2.75) is 51.5 Å². The summed E-state index contributed by atoms with van der Waals surface area (Å²) in [6, 6.07) is 4.35. The molecule has 2 aromatic heterocycles. The molecule has 2 N–H and O–H groups in total. The third-order valence-corrected chi connectivity index (χ3v) is 5.08. The Balaban J connectivity index is 1.79. The van der Waals surface area contributed by atoms with Crippen molar-refractivity contribution in [3.63, 3.8) is 0 Å². The van der Waals surface area contributed by atoms with Crippen LogP contribution < -0.4 is 15.5 Å². The number of anilines is 2. The number of hydrogen-bond acceptors (Lipinski definition) is 6. The Morgan fingerprint density at radius 2 is 2.07 bits per heavy atom. The lowest BCUT2D eigenvalue weighted by atomic mass is 10.1. The van der Waals surface area contributed by atoms with Crippen molar-refractivity contribution in [1.29, 1.82) is 0 Å². The summed E-state index contributed by atoms with van der Waals surface area (Å²) in [6.07, 6.45) is 12.8. The first-order valence-corrected chi connectivity index (χ1v) is 10.2. The first-order chi connectivity index (χ1) is 13.3. The lowest BCUT2D eigenvalue weighted by molar-refractivity contribution is 0.479. The van der Waals surface area contributed by atoms with E-state index in [0.29, 0.717) is 6.04 Å². The quantitative estimate of drug-likeness (QED) is 0.658. The summed E-state index contributed by atoms with van der Waals surface area (Å²) in [5.41, 5.74) is 1.92. The Morgan fingerprint density at radius 3 is 2.81 bits per heavy atom. The minimum Gasteiger partial charge on any atom is -0.363 e. The normalized spacial score (nSPS) is 16.9. The van der Waals surface area contributed by atoms with Gasteiger partial charge in [0.05, 0.1) is 11.9 Å². The molecule has 0 radical (unpaired) electrons. The monoisotopic (exact) mass is 368 g/mol. The van der Waals surface area contributed by atoms with Crippen molar-refractivity contribution in [2.24, 2.45) is 0 Å². The molecule has 1 aliphatic heterocycles. The van der Waals surface area contributed by atoms with Crippen molar-refractivity contribution in [3.05, 3.63) is 30.7 Å². The van der Waals surface area contributed by atoms with Gasteiger partial charge in [-0.05, 0) is 37.9 Å². The number of nitrogens with zero attached hydrogens (tertiary/aromatic N) is 4. The molecule has 0 bridgehead atoms. The molecule has 0 amide bonds. The van der Waals surface area contributed by atoms with Gasteiger partial charge in [-0.2, -0.15) is 0 Å². The van der Waals surface area contributed by atoms with Gasteiger partial charge in [-0.3, -0.25) is 4.98 Å². The lowest BCUT2D eigenvalue weighted by Crippen LogP contribution is -2.39. The van der Waals surface area contributed by atoms with E-state index in [2.05, 4.69) is 34.5 Å². The van der Waals surface area contributed by atoms with E-state index in [9.17, 15) is 0 Å². The summed E-state index contributed by atoms with van der Waals surface area (Å²) in [7, 11) is 2.12. The second kappa shape index (κ2) is 10.2. The predicted molar refractivity (Wildman–Crippen MR) is 112 cm³/mol. The van der Waals surface area contributed by atoms with Gasteiger partial charge in [0.25, 0.3) is 0 Å². The molecule has 27 heavy (non-hydrogen) atoms. The fourth-order valence-corrected chi connectivity index (χ4v) is 3.47. The predicted octanol–water partition coefficient (Wildman–Crippen LogP) is 3.72. The molecule has 0 saturated carbocycles. The molecular formula is C21H32N6. The Kier molecular flexibility index (Phi) is 7.39. The van der Waals surface area contributed by atoms with E-state index in [-0.39, 0.29) is 0 Å². The zero-order valence-electron chi connectivity index (χ0n) is 16.6. The Morgan fingerprint density at radius 1 is 1.22 bits per heavy atom. The number of nitrogens with one attached hydrogen (secondary N) is 2. The zero-order valence-corrected chi connectivity index (χ0v) is 16.6. The van der Waals surface area contributed by atoms with Gasteiger partial charge in [0.15, 0.2) is 11.6 Å². The van der Waals surface area contributed by atoms with Crippen LogP contribution in [-0.2, 0) is 0 Å². The summed E-state index contributed by atoms with van der Waals surface area (Å²) >= 11 is 0. The average molecular weight is 369 g/mol. The van der Waals surface area contributed by atoms with E-state index in [1.54, 1.807) is 12.4 Å². The van der Waals surface area contributed by atoms with E-state index < -0.39 is 0 Å². The number of rotatable bonds is 9. The molecule has 0 spiro atoms. The van der Waals surface area contributed by atoms with Gasteiger partial charge in [-0.1, -0.05) is 26.2 Å². The molecule has 6 heteroatoms. The molecule has 3 heterocycles. The van der Waals surface area contributed by atoms with Crippen LogP contribution in [0.15, 0.2) is 30.7 Å². The molecule has 1 atom stereocenters. The maximum atomic E-state index is 4.93. The van der Waals surface area contributed by atoms with Crippen LogP contribution in [0.2, 0.25) is 0 Å². The maximum absolute atomic E-state index is 4.93. The highest BCUT2D eigenvalue weighted by Crippen LogP contribution is 2.26. The molecule has 0 aliphatic carbocycles. The van der Waals surface area contributed by atoms with Crippen LogP contribution >= 0.6 is 0 Å². The van der Waals surface area contributed by atoms with Gasteiger partial charge >= 0.3 is 0 Å². The van der Waals surface area contributed by atoms with Gasteiger partial charge in [-0.25, -0.2) is 9.97 Å². The zero-order chi connectivity index (χ0) is 18.9. The smallest absolute Gasteiger partial charge is 0.171 e. The fraction of sp³-hybridized carbons (Fsp3) is 0.571. The number of piperidine rings is 1. The SMILES string of the molecule is CCCCCCN(C)c1ncc(-c2ccncc2)nc1NC1CCCNC1. The third-order valence-electron chi connectivity index (χ3n) is 5.08. The summed E-state index contributed by atoms with van der Waals surface area (Å²) in [5.74, 6) is 1.82. The first-order valence-electron chi connectivity index (χ1n) is 10.2. The van der Waals surface area contributed by atoms with E-state index in [0.717, 1.165) is 48.9 Å². The summed E-state index contributed by atoms with van der Waals surface area (Å²) in [6.45, 7) is 5.32. The van der Waals surface area contributed by atoms with Crippen molar-refractivity contribution in [3.8, 4) is 11.3 Å². The molecular weight excluding hydrogens is 336 g/mol. The highest BCUT2D eigenvalue weighted by Gasteiger charge is 2.18. The van der Waals surface area contributed by atoms with E-state index in [1.165, 1.54) is 32.1 Å². The molecule has 146 valence electrons. The van der Waals surface area contributed by atoms with Crippen LogP contribution in [0.3, 0.4) is 0 Å². The molecule has 0 aromatic carbocycles. The molecule has 1 saturated heterocycles. The van der Waals surface area contributed by atoms with Crippen LogP contribution in [0.5, 0.6) is 0 Å². The Labute approximate surface area is 162 Å². The second-order valence-corrected chi connectivity index (χ2v) is 7.33. The van der Waals surface area contributed by atoms with Gasteiger partial charge in [0.2, 0.25) is 0 Å². The topological polar surface area (TPSA) is 66.0 Å². The van der Waals surface area contributed by atoms with Gasteiger partial charge in [-0.15, -0.1) is 0 Å². The van der Waals surface area contributed by atoms with Gasteiger partial charge < -0.3 is 15.5 Å². The standard InChI is InChI=1S/C21H32N6/c1-3-4-5-6-14-27(2)21-20(25-18-8-7-11-23-15-18)26-19(16-24-21)17-9-12-22-13-10-17/h9-10,12-13,16,18,23H,3-8,11,14-15H2,1-2H3,(H,25,26). The van der Waals surface area contributed by atoms with Crippen LogP contribution in [0.4, 0.5) is 11.6 Å². The highest BCUT2D eigenvalue weighted by atomic mass is 15.2. The van der Waals surface area contributed by atoms with E-state index in [1.807, 2.05) is 18.3 Å². The first kappa shape index (κ1) is 19.5. The molecule has 2 aromatic rings. The summed E-state index contributed by atoms with van der Waals surface area (Å²) < 4.78 is 0. The molecule has 6 nitrogen and oxygen atoms in total. The molecule has 1 fully saturated rings. The van der Waals surface area contributed by atoms with Crippen LogP contribution in [0, 0.1) is 0 Å². The van der Waals surface area contributed by atoms with Gasteiger partial charge in [0.1, 0.15) is 0 Å². The van der Waals surface area contributed by atoms with Gasteiger partial charge in [0, 0.05) is 44.1 Å². The van der Waals surface area contributed by atoms with Crippen LogP contribution in [-0.4, -0.2) is 47.7 Å². The number of aromatic nitrogens is 3. The van der Waals surface area contributed by atoms with E-state index in [4.69, 9.17) is 9.97 Å². The van der Waals surface area contributed by atoms with Crippen molar-refractivity contribution in [2.75, 3.05) is 36.9 Å². The molecule has 1 aliphatic rings. The summed E-state index contributed by atoms with van der Waals surface area (Å²) in [4.78, 5) is 16.0. The fourth-order valence-electron chi connectivity index (χ4n) is 3.47. The maximum Gasteiger partial charge on any atom is 0.171 e.